The molecule has 1 aromatic carbocycles. The molecule has 0 amide bonds. The number of hydrogen-bond donors (Lipinski definition) is 0. The average Bonchev–Trinajstić information content (AvgIpc) is 2.71. The van der Waals surface area contributed by atoms with Crippen LogP contribution in [0.15, 0.2) is 43.0 Å². The van der Waals surface area contributed by atoms with E-state index in [-0.39, 0.29) is 4.75 Å². The van der Waals surface area contributed by atoms with E-state index in [0.29, 0.717) is 13.2 Å². The highest BCUT2D eigenvalue weighted by atomic mass is 32.3. The van der Waals surface area contributed by atoms with Crippen molar-refractivity contribution in [2.24, 2.45) is 0 Å². The lowest BCUT2D eigenvalue weighted by atomic mass is 10.1. The number of rotatable bonds is 10. The Kier molecular flexibility index (Phi) is 8.39. The van der Waals surface area contributed by atoms with Crippen molar-refractivity contribution in [1.82, 2.24) is 4.98 Å². The van der Waals surface area contributed by atoms with Crippen LogP contribution in [0.1, 0.15) is 46.2 Å². The quantitative estimate of drug-likeness (QED) is 0.417. The monoisotopic (exact) mass is 431 g/mol. The molecule has 0 unspecified atom stereocenters. The molecule has 2 aromatic rings. The van der Waals surface area contributed by atoms with Crippen LogP contribution in [0.4, 0.5) is 0 Å². The zero-order chi connectivity index (χ0) is 22.4. The zero-order valence-corrected chi connectivity index (χ0v) is 20.4. The highest BCUT2D eigenvalue weighted by molar-refractivity contribution is 8.29. The Morgan fingerprint density at radius 3 is 2.43 bits per heavy atom. The summed E-state index contributed by atoms with van der Waals surface area (Å²) in [6.45, 7) is 14.3. The Balaban J connectivity index is 2.13. The Morgan fingerprint density at radius 2 is 1.80 bits per heavy atom. The maximum Gasteiger partial charge on any atom is 0.161 e. The van der Waals surface area contributed by atoms with Crippen LogP contribution < -0.4 is 9.47 Å². The van der Waals surface area contributed by atoms with Gasteiger partial charge in [-0.1, -0.05) is 40.3 Å². The van der Waals surface area contributed by atoms with Crippen molar-refractivity contribution in [2.75, 3.05) is 32.8 Å². The number of methoxy groups -OCH3 is 1. The summed E-state index contributed by atoms with van der Waals surface area (Å²) in [6, 6.07) is 11.9. The Hall–Kier alpha value is -1.98. The van der Waals surface area contributed by atoms with Gasteiger partial charge in [-0.15, -0.1) is 10.3 Å². The fourth-order valence-corrected chi connectivity index (χ4v) is 3.48. The number of benzene rings is 1. The SMILES string of the molecule is C=C(CCOS(C)(C)C(C)(C)C)c1cccc(-c2ccc(OC)c(OCCC)c2)n1. The third-order valence-electron chi connectivity index (χ3n) is 5.29. The van der Waals surface area contributed by atoms with Crippen molar-refractivity contribution in [3.8, 4) is 22.8 Å². The van der Waals surface area contributed by atoms with Gasteiger partial charge in [0.05, 0.1) is 31.7 Å². The molecule has 1 aromatic heterocycles. The van der Waals surface area contributed by atoms with Gasteiger partial charge < -0.3 is 13.7 Å². The largest absolute Gasteiger partial charge is 0.493 e. The van der Waals surface area contributed by atoms with Gasteiger partial charge in [0, 0.05) is 10.3 Å². The molecule has 4 nitrogen and oxygen atoms in total. The molecular formula is C25H37NO3S. The van der Waals surface area contributed by atoms with Crippen LogP contribution in [0, 0.1) is 0 Å². The van der Waals surface area contributed by atoms with Gasteiger partial charge >= 0.3 is 0 Å². The van der Waals surface area contributed by atoms with Crippen molar-refractivity contribution in [3.05, 3.63) is 48.7 Å². The molecule has 5 heteroatoms. The molecule has 0 spiro atoms. The van der Waals surface area contributed by atoms with Crippen LogP contribution in [0.2, 0.25) is 0 Å². The first-order valence-electron chi connectivity index (χ1n) is 10.4. The summed E-state index contributed by atoms with van der Waals surface area (Å²) in [5.74, 6) is 1.47. The molecule has 0 aliphatic rings. The molecule has 0 radical (unpaired) electrons. The summed E-state index contributed by atoms with van der Waals surface area (Å²) in [4.78, 5) is 4.84. The number of hydrogen-bond acceptors (Lipinski definition) is 4. The Morgan fingerprint density at radius 1 is 1.07 bits per heavy atom. The second-order valence-electron chi connectivity index (χ2n) is 8.64. The van der Waals surface area contributed by atoms with Crippen LogP contribution in [-0.4, -0.2) is 42.6 Å². The molecule has 0 fully saturated rings. The van der Waals surface area contributed by atoms with Gasteiger partial charge in [0.1, 0.15) is 0 Å². The fraction of sp³-hybridized carbons (Fsp3) is 0.480. The number of nitrogens with zero attached hydrogens (tertiary/aromatic N) is 1. The summed E-state index contributed by atoms with van der Waals surface area (Å²) in [5.41, 5.74) is 3.76. The van der Waals surface area contributed by atoms with E-state index in [1.54, 1.807) is 7.11 Å². The fourth-order valence-electron chi connectivity index (χ4n) is 2.63. The number of pyridine rings is 1. The normalized spacial score (nSPS) is 12.5. The van der Waals surface area contributed by atoms with Crippen LogP contribution in [0.5, 0.6) is 11.5 Å². The average molecular weight is 432 g/mol. The van der Waals surface area contributed by atoms with E-state index in [9.17, 15) is 0 Å². The number of aromatic nitrogens is 1. The zero-order valence-electron chi connectivity index (χ0n) is 19.6. The van der Waals surface area contributed by atoms with Gasteiger partial charge in [-0.2, -0.15) is 0 Å². The number of ether oxygens (including phenoxy) is 2. The molecule has 2 rings (SSSR count). The van der Waals surface area contributed by atoms with Gasteiger partial charge in [0.25, 0.3) is 0 Å². The van der Waals surface area contributed by atoms with Crippen molar-refractivity contribution in [3.63, 3.8) is 0 Å². The van der Waals surface area contributed by atoms with Crippen molar-refractivity contribution in [2.45, 2.75) is 45.3 Å². The standard InChI is InChI=1S/C25H37NO3S/c1-9-16-28-24-18-20(13-14-23(24)27-6)22-12-10-11-21(26-22)19(2)15-17-29-30(7,8)25(3,4)5/h10-14,18H,2,9,15-17H2,1,3-8H3. The lowest BCUT2D eigenvalue weighted by Gasteiger charge is -2.43. The van der Waals surface area contributed by atoms with E-state index in [1.165, 1.54) is 0 Å². The molecule has 0 aliphatic heterocycles. The Labute approximate surface area is 184 Å². The third-order valence-corrected chi connectivity index (χ3v) is 8.99. The first kappa shape index (κ1) is 24.3. The summed E-state index contributed by atoms with van der Waals surface area (Å²) >= 11 is 0. The van der Waals surface area contributed by atoms with E-state index in [4.69, 9.17) is 18.6 Å². The van der Waals surface area contributed by atoms with Crippen LogP contribution in [-0.2, 0) is 4.18 Å². The maximum absolute atomic E-state index is 6.24. The Bertz CT molecular complexity index is 856. The first-order chi connectivity index (χ1) is 14.1. The van der Waals surface area contributed by atoms with Crippen LogP contribution in [0.3, 0.4) is 0 Å². The van der Waals surface area contributed by atoms with Gasteiger partial charge in [-0.25, -0.2) is 4.98 Å². The second kappa shape index (κ2) is 10.4. The summed E-state index contributed by atoms with van der Waals surface area (Å²) in [5, 5.41) is 0. The second-order valence-corrected chi connectivity index (χ2v) is 12.6. The lowest BCUT2D eigenvalue weighted by molar-refractivity contribution is 0.294. The maximum atomic E-state index is 6.24. The van der Waals surface area contributed by atoms with E-state index in [0.717, 1.165) is 46.9 Å². The van der Waals surface area contributed by atoms with Crippen molar-refractivity contribution < 1.29 is 13.7 Å². The minimum Gasteiger partial charge on any atom is -0.493 e. The molecular weight excluding hydrogens is 394 g/mol. The molecule has 1 heterocycles. The van der Waals surface area contributed by atoms with E-state index in [2.05, 4.69) is 46.8 Å². The van der Waals surface area contributed by atoms with Gasteiger partial charge in [-0.05, 0) is 61.3 Å². The van der Waals surface area contributed by atoms with E-state index < -0.39 is 10.3 Å². The molecule has 0 saturated carbocycles. The van der Waals surface area contributed by atoms with Gasteiger partial charge in [0.15, 0.2) is 11.5 Å². The molecule has 166 valence electrons. The minimum absolute atomic E-state index is 0.151. The smallest absolute Gasteiger partial charge is 0.161 e. The minimum atomic E-state index is -1.13. The highest BCUT2D eigenvalue weighted by Crippen LogP contribution is 2.53. The van der Waals surface area contributed by atoms with Crippen molar-refractivity contribution >= 4 is 15.9 Å². The predicted molar refractivity (Wildman–Crippen MR) is 131 cm³/mol. The van der Waals surface area contributed by atoms with E-state index >= 15 is 0 Å². The molecule has 0 bridgehead atoms. The first-order valence-corrected chi connectivity index (χ1v) is 12.8. The van der Waals surface area contributed by atoms with Crippen molar-refractivity contribution in [1.29, 1.82) is 0 Å². The predicted octanol–water partition coefficient (Wildman–Crippen LogP) is 6.74. The topological polar surface area (TPSA) is 40.6 Å². The summed E-state index contributed by atoms with van der Waals surface area (Å²) < 4.78 is 17.7. The molecule has 0 saturated heterocycles. The molecule has 0 aliphatic carbocycles. The van der Waals surface area contributed by atoms with Crippen LogP contribution >= 0.6 is 10.3 Å². The third kappa shape index (κ3) is 6.26. The van der Waals surface area contributed by atoms with E-state index in [1.807, 2.05) is 36.4 Å². The summed E-state index contributed by atoms with van der Waals surface area (Å²) in [6.07, 6.45) is 6.14. The molecule has 30 heavy (non-hydrogen) atoms. The van der Waals surface area contributed by atoms with Crippen LogP contribution in [0.25, 0.3) is 16.8 Å². The van der Waals surface area contributed by atoms with Gasteiger partial charge in [-0.3, -0.25) is 0 Å². The summed E-state index contributed by atoms with van der Waals surface area (Å²) in [7, 11) is 0.521. The lowest BCUT2D eigenvalue weighted by Crippen LogP contribution is -2.25. The molecule has 0 N–H and O–H groups in total. The highest BCUT2D eigenvalue weighted by Gasteiger charge is 2.28. The van der Waals surface area contributed by atoms with Gasteiger partial charge in [0.2, 0.25) is 0 Å². The molecule has 0 atom stereocenters.